The van der Waals surface area contributed by atoms with Crippen molar-refractivity contribution in [2.24, 2.45) is 5.92 Å². The lowest BCUT2D eigenvalue weighted by atomic mass is 9.85. The number of halogens is 1. The second-order valence-corrected chi connectivity index (χ2v) is 5.49. The quantitative estimate of drug-likeness (QED) is 0.851. The van der Waals surface area contributed by atoms with Crippen LogP contribution < -0.4 is 5.32 Å². The van der Waals surface area contributed by atoms with Crippen molar-refractivity contribution in [2.45, 2.75) is 19.3 Å². The second kappa shape index (κ2) is 5.27. The van der Waals surface area contributed by atoms with E-state index in [1.54, 1.807) is 0 Å². The first kappa shape index (κ1) is 13.7. The Kier molecular flexibility index (Phi) is 3.45. The maximum Gasteiger partial charge on any atom is 0.262 e. The number of benzene rings is 1. The van der Waals surface area contributed by atoms with Gasteiger partial charge in [-0.05, 0) is 37.0 Å². The van der Waals surface area contributed by atoms with Crippen LogP contribution >= 0.6 is 0 Å². The van der Waals surface area contributed by atoms with Gasteiger partial charge in [0.1, 0.15) is 12.4 Å². The fraction of sp³-hybridized carbons (Fsp3) is 0.400. The summed E-state index contributed by atoms with van der Waals surface area (Å²) in [6.45, 7) is 0.261. The lowest BCUT2D eigenvalue weighted by molar-refractivity contribution is -0.121. The number of amides is 3. The van der Waals surface area contributed by atoms with Gasteiger partial charge in [-0.2, -0.15) is 0 Å². The summed E-state index contributed by atoms with van der Waals surface area (Å²) < 4.78 is 13.1. The van der Waals surface area contributed by atoms with Crippen molar-refractivity contribution >= 4 is 17.7 Å². The van der Waals surface area contributed by atoms with Gasteiger partial charge >= 0.3 is 0 Å². The molecule has 0 saturated heterocycles. The van der Waals surface area contributed by atoms with Crippen LogP contribution in [0.5, 0.6) is 0 Å². The number of carbonyl (C=O) groups excluding carboxylic acids is 3. The largest absolute Gasteiger partial charge is 0.354 e. The Bertz CT molecular complexity index is 625. The summed E-state index contributed by atoms with van der Waals surface area (Å²) in [4.78, 5) is 36.8. The topological polar surface area (TPSA) is 66.5 Å². The zero-order valence-electron chi connectivity index (χ0n) is 11.4. The minimum Gasteiger partial charge on any atom is -0.354 e. The molecule has 0 aromatic heterocycles. The molecule has 1 aromatic carbocycles. The highest BCUT2D eigenvalue weighted by Crippen LogP contribution is 2.25. The first-order valence-electron chi connectivity index (χ1n) is 6.98. The molecule has 1 aromatic rings. The Morgan fingerprint density at radius 1 is 1.24 bits per heavy atom. The summed E-state index contributed by atoms with van der Waals surface area (Å²) in [6, 6.07) is 3.43. The van der Waals surface area contributed by atoms with Crippen molar-refractivity contribution in [1.82, 2.24) is 10.2 Å². The molecule has 0 atom stereocenters. The van der Waals surface area contributed by atoms with E-state index in [0.29, 0.717) is 12.5 Å². The molecule has 0 bridgehead atoms. The van der Waals surface area contributed by atoms with Crippen molar-refractivity contribution in [3.63, 3.8) is 0 Å². The number of carbonyl (C=O) groups is 3. The summed E-state index contributed by atoms with van der Waals surface area (Å²) in [5.74, 6) is -1.60. The molecular formula is C15H15FN2O3. The summed E-state index contributed by atoms with van der Waals surface area (Å²) in [6.07, 6.45) is 3.39. The van der Waals surface area contributed by atoms with E-state index >= 15 is 0 Å². The molecule has 3 amide bonds. The monoisotopic (exact) mass is 290 g/mol. The highest BCUT2D eigenvalue weighted by molar-refractivity contribution is 6.22. The zero-order valence-corrected chi connectivity index (χ0v) is 11.4. The fourth-order valence-corrected chi connectivity index (χ4v) is 2.56. The third-order valence-electron chi connectivity index (χ3n) is 4.05. The molecule has 2 aliphatic rings. The molecule has 1 fully saturated rings. The van der Waals surface area contributed by atoms with Crippen LogP contribution in [0.25, 0.3) is 0 Å². The molecule has 1 N–H and O–H groups in total. The zero-order chi connectivity index (χ0) is 15.0. The van der Waals surface area contributed by atoms with Gasteiger partial charge in [-0.3, -0.25) is 19.3 Å². The lowest BCUT2D eigenvalue weighted by Crippen LogP contribution is -2.42. The number of imide groups is 1. The van der Waals surface area contributed by atoms with Crippen LogP contribution in [0.2, 0.25) is 0 Å². The van der Waals surface area contributed by atoms with Crippen LogP contribution in [0.3, 0.4) is 0 Å². The highest BCUT2D eigenvalue weighted by atomic mass is 19.1. The van der Waals surface area contributed by atoms with Crippen LogP contribution in [-0.4, -0.2) is 35.7 Å². The van der Waals surface area contributed by atoms with Crippen molar-refractivity contribution < 1.29 is 18.8 Å². The molecule has 110 valence electrons. The molecular weight excluding hydrogens is 275 g/mol. The molecule has 6 heteroatoms. The Morgan fingerprint density at radius 3 is 2.62 bits per heavy atom. The van der Waals surface area contributed by atoms with E-state index < -0.39 is 17.6 Å². The molecule has 21 heavy (non-hydrogen) atoms. The molecule has 5 nitrogen and oxygen atoms in total. The summed E-state index contributed by atoms with van der Waals surface area (Å²) in [5, 5.41) is 2.73. The minimum absolute atomic E-state index is 0.0202. The van der Waals surface area contributed by atoms with E-state index in [1.807, 2.05) is 0 Å². The van der Waals surface area contributed by atoms with Crippen LogP contribution in [0, 0.1) is 11.7 Å². The van der Waals surface area contributed by atoms with Crippen LogP contribution in [0.4, 0.5) is 4.39 Å². The van der Waals surface area contributed by atoms with E-state index in [4.69, 9.17) is 0 Å². The smallest absolute Gasteiger partial charge is 0.262 e. The minimum atomic E-state index is -0.617. The number of nitrogens with one attached hydrogen (secondary N) is 1. The number of fused-ring (bicyclic) bond motifs is 1. The Labute approximate surface area is 121 Å². The molecule has 1 aliphatic heterocycles. The molecule has 1 aliphatic carbocycles. The van der Waals surface area contributed by atoms with E-state index in [-0.39, 0.29) is 23.6 Å². The summed E-state index contributed by atoms with van der Waals surface area (Å²) in [7, 11) is 0. The SMILES string of the molecule is O=C(CN1C(=O)c2ccc(F)cc2C1=O)NCC1CCC1. The van der Waals surface area contributed by atoms with Gasteiger partial charge in [0.2, 0.25) is 5.91 Å². The van der Waals surface area contributed by atoms with Crippen molar-refractivity contribution in [3.05, 3.63) is 35.1 Å². The normalized spacial score (nSPS) is 17.7. The van der Waals surface area contributed by atoms with Crippen molar-refractivity contribution in [2.75, 3.05) is 13.1 Å². The number of hydrogen-bond donors (Lipinski definition) is 1. The summed E-state index contributed by atoms with van der Waals surface area (Å²) in [5.41, 5.74) is 0.167. The van der Waals surface area contributed by atoms with Crippen LogP contribution in [0.1, 0.15) is 40.0 Å². The Hall–Kier alpha value is -2.24. The van der Waals surface area contributed by atoms with E-state index in [1.165, 1.54) is 12.5 Å². The van der Waals surface area contributed by atoms with Crippen molar-refractivity contribution in [3.8, 4) is 0 Å². The maximum absolute atomic E-state index is 13.1. The molecule has 1 heterocycles. The van der Waals surface area contributed by atoms with Gasteiger partial charge in [-0.15, -0.1) is 0 Å². The Morgan fingerprint density at radius 2 is 1.95 bits per heavy atom. The maximum atomic E-state index is 13.1. The molecule has 0 radical (unpaired) electrons. The van der Waals surface area contributed by atoms with Crippen molar-refractivity contribution in [1.29, 1.82) is 0 Å². The molecule has 3 rings (SSSR count). The predicted octanol–water partition coefficient (Wildman–Crippen LogP) is 1.34. The van der Waals surface area contributed by atoms with Gasteiger partial charge in [0, 0.05) is 6.54 Å². The number of hydrogen-bond acceptors (Lipinski definition) is 3. The molecule has 1 saturated carbocycles. The standard InChI is InChI=1S/C15H15FN2O3/c16-10-4-5-11-12(6-10)15(21)18(14(11)20)8-13(19)17-7-9-2-1-3-9/h4-6,9H,1-3,7-8H2,(H,17,19). The van der Waals surface area contributed by atoms with E-state index in [0.717, 1.165) is 29.9 Å². The van der Waals surface area contributed by atoms with E-state index in [9.17, 15) is 18.8 Å². The van der Waals surface area contributed by atoms with E-state index in [2.05, 4.69) is 5.32 Å². The summed E-state index contributed by atoms with van der Waals surface area (Å²) >= 11 is 0. The number of rotatable bonds is 4. The van der Waals surface area contributed by atoms with Crippen LogP contribution in [-0.2, 0) is 4.79 Å². The lowest BCUT2D eigenvalue weighted by Gasteiger charge is -2.25. The van der Waals surface area contributed by atoms with Gasteiger partial charge in [-0.25, -0.2) is 4.39 Å². The molecule has 0 unspecified atom stereocenters. The number of nitrogens with zero attached hydrogens (tertiary/aromatic N) is 1. The second-order valence-electron chi connectivity index (χ2n) is 5.49. The molecule has 0 spiro atoms. The Balaban J connectivity index is 1.65. The van der Waals surface area contributed by atoms with Crippen LogP contribution in [0.15, 0.2) is 18.2 Å². The van der Waals surface area contributed by atoms with Gasteiger partial charge in [0.25, 0.3) is 11.8 Å². The van der Waals surface area contributed by atoms with Gasteiger partial charge in [-0.1, -0.05) is 6.42 Å². The third-order valence-corrected chi connectivity index (χ3v) is 4.05. The average Bonchev–Trinajstić information content (AvgIpc) is 2.62. The first-order valence-corrected chi connectivity index (χ1v) is 6.98. The van der Waals surface area contributed by atoms with Gasteiger partial charge < -0.3 is 5.32 Å². The van der Waals surface area contributed by atoms with Gasteiger partial charge in [0.05, 0.1) is 11.1 Å². The first-order chi connectivity index (χ1) is 10.1. The highest BCUT2D eigenvalue weighted by Gasteiger charge is 2.36. The average molecular weight is 290 g/mol. The third kappa shape index (κ3) is 2.53. The predicted molar refractivity (Wildman–Crippen MR) is 72.1 cm³/mol. The fourth-order valence-electron chi connectivity index (χ4n) is 2.56. The van der Waals surface area contributed by atoms with Gasteiger partial charge in [0.15, 0.2) is 0 Å².